The molecule has 4 heterocycles. The van der Waals surface area contributed by atoms with Crippen LogP contribution in [-0.4, -0.2) is 178 Å². The van der Waals surface area contributed by atoms with E-state index in [9.17, 15) is 50.4 Å². The van der Waals surface area contributed by atoms with Gasteiger partial charge in [-0.1, -0.05) is 13.8 Å². The standard InChI is InChI=1S/C42H64O18/c1-18-34(60-37-32(50)30(48)28(46)24(59-37)17-55-36-31(49)29(47)27(45)23(15-43)58-36)35(53-4)33(51)38(56-18)57-21-6-9-40(2)20(14-21)5-11-42-12-7-22(19-13-26(44)54-16-19)41(3,39(42)52)10-8-25(40)42/h13,18,20-25,27-38,43,45-51H,5-12,14-17H2,1-4H3. The highest BCUT2D eigenvalue weighted by molar-refractivity contribution is 5.93. The first kappa shape index (κ1) is 44.9. The predicted octanol–water partition coefficient (Wildman–Crippen LogP) is -1.03. The van der Waals surface area contributed by atoms with Crippen molar-refractivity contribution >= 4 is 11.8 Å². The van der Waals surface area contributed by atoms with E-state index in [0.29, 0.717) is 18.1 Å². The minimum Gasteiger partial charge on any atom is -0.458 e. The fourth-order valence-corrected chi connectivity index (χ4v) is 12.8. The number of rotatable bonds is 10. The molecule has 18 nitrogen and oxygen atoms in total. The van der Waals surface area contributed by atoms with Crippen LogP contribution in [0.15, 0.2) is 11.6 Å². The number of cyclic esters (lactones) is 1. The van der Waals surface area contributed by atoms with Crippen molar-refractivity contribution < 1.29 is 88.3 Å². The van der Waals surface area contributed by atoms with Crippen LogP contribution >= 0.6 is 0 Å². The molecule has 7 fully saturated rings. The number of aliphatic hydroxyl groups excluding tert-OH is 8. The van der Waals surface area contributed by atoms with Gasteiger partial charge in [0, 0.05) is 24.0 Å². The molecule has 1 spiro atoms. The number of ketones is 1. The molecule has 0 aromatic heterocycles. The highest BCUT2D eigenvalue weighted by Gasteiger charge is 2.68. The summed E-state index contributed by atoms with van der Waals surface area (Å²) in [6, 6.07) is 0. The Balaban J connectivity index is 0.880. The van der Waals surface area contributed by atoms with Crippen molar-refractivity contribution in [3.8, 4) is 0 Å². The van der Waals surface area contributed by atoms with Gasteiger partial charge in [-0.05, 0) is 93.5 Å². The summed E-state index contributed by atoms with van der Waals surface area (Å²) in [7, 11) is 1.39. The molecule has 340 valence electrons. The van der Waals surface area contributed by atoms with Crippen molar-refractivity contribution in [2.75, 3.05) is 26.9 Å². The number of Topliss-reactive ketones (excluding diaryl/α,β-unsaturated/α-hetero) is 1. The van der Waals surface area contributed by atoms with E-state index >= 15 is 0 Å². The summed E-state index contributed by atoms with van der Waals surface area (Å²) in [5, 5.41) is 84.0. The number of aliphatic hydroxyl groups is 8. The van der Waals surface area contributed by atoms with Gasteiger partial charge in [0.15, 0.2) is 18.9 Å². The molecule has 0 radical (unpaired) electrons. The summed E-state index contributed by atoms with van der Waals surface area (Å²) < 4.78 is 46.6. The monoisotopic (exact) mass is 856 g/mol. The topological polar surface area (TPSA) is 270 Å². The maximum atomic E-state index is 14.6. The van der Waals surface area contributed by atoms with Gasteiger partial charge in [-0.2, -0.15) is 0 Å². The van der Waals surface area contributed by atoms with Crippen LogP contribution in [0.4, 0.5) is 0 Å². The molecular weight excluding hydrogens is 792 g/mol. The van der Waals surface area contributed by atoms with Crippen molar-refractivity contribution in [1.29, 1.82) is 0 Å². The van der Waals surface area contributed by atoms with Gasteiger partial charge in [-0.3, -0.25) is 4.79 Å². The minimum atomic E-state index is -1.77. The molecule has 4 aliphatic carbocycles. The molecule has 18 heteroatoms. The van der Waals surface area contributed by atoms with Crippen LogP contribution in [0.1, 0.15) is 78.6 Å². The molecule has 0 amide bonds. The SMILES string of the molecule is COC1C(O)C(OC2CCC3(C)C(CCC45CCC(C6=CC(=O)OC6)C(C)(CCC43)C5=O)C2)OC(C)C1OC1OC(COC2OC(CO)C(O)C(O)C2O)C(O)C(O)C1O. The third-order valence-electron chi connectivity index (χ3n) is 16.2. The average Bonchev–Trinajstić information content (AvgIpc) is 3.65. The Morgan fingerprint density at radius 2 is 1.40 bits per heavy atom. The molecule has 0 aromatic carbocycles. The number of methoxy groups -OCH3 is 1. The van der Waals surface area contributed by atoms with Gasteiger partial charge in [-0.25, -0.2) is 4.79 Å². The fraction of sp³-hybridized carbons (Fsp3) is 0.905. The Bertz CT molecular complexity index is 1610. The van der Waals surface area contributed by atoms with E-state index in [1.807, 2.05) is 0 Å². The van der Waals surface area contributed by atoms with Gasteiger partial charge in [0.2, 0.25) is 0 Å². The summed E-state index contributed by atoms with van der Waals surface area (Å²) in [6.45, 7) is 5.22. The van der Waals surface area contributed by atoms with Gasteiger partial charge < -0.3 is 78.7 Å². The molecular formula is C42H64O18. The van der Waals surface area contributed by atoms with Crippen LogP contribution < -0.4 is 0 Å². The van der Waals surface area contributed by atoms with E-state index in [1.165, 1.54) is 7.11 Å². The normalized spacial score (nSPS) is 53.2. The first-order valence-corrected chi connectivity index (χ1v) is 21.7. The first-order valence-electron chi connectivity index (χ1n) is 21.7. The molecule has 8 aliphatic rings. The van der Waals surface area contributed by atoms with Crippen LogP contribution in [0, 0.1) is 34.0 Å². The number of carbonyl (C=O) groups is 2. The van der Waals surface area contributed by atoms with E-state index in [-0.39, 0.29) is 41.3 Å². The van der Waals surface area contributed by atoms with E-state index in [2.05, 4.69) is 13.8 Å². The molecule has 60 heavy (non-hydrogen) atoms. The number of esters is 1. The summed E-state index contributed by atoms with van der Waals surface area (Å²) >= 11 is 0. The molecule has 0 aromatic rings. The molecule has 22 unspecified atom stereocenters. The van der Waals surface area contributed by atoms with Crippen molar-refractivity contribution in [2.45, 2.75) is 177 Å². The van der Waals surface area contributed by atoms with Gasteiger partial charge in [0.1, 0.15) is 79.5 Å². The Kier molecular flexibility index (Phi) is 12.7. The lowest BCUT2D eigenvalue weighted by molar-refractivity contribution is -0.367. The molecule has 22 atom stereocenters. The summed E-state index contributed by atoms with van der Waals surface area (Å²) in [5.41, 5.74) is 0.0321. The van der Waals surface area contributed by atoms with Crippen LogP contribution in [0.5, 0.6) is 0 Å². The summed E-state index contributed by atoms with van der Waals surface area (Å²) in [4.78, 5) is 26.6. The lowest BCUT2D eigenvalue weighted by atomic mass is 9.37. The van der Waals surface area contributed by atoms with Crippen molar-refractivity contribution in [3.05, 3.63) is 11.6 Å². The predicted molar refractivity (Wildman–Crippen MR) is 202 cm³/mol. The van der Waals surface area contributed by atoms with E-state index in [0.717, 1.165) is 56.9 Å². The second-order valence-electron chi connectivity index (χ2n) is 19.2. The number of ether oxygens (including phenoxy) is 8. The largest absolute Gasteiger partial charge is 0.458 e. The quantitative estimate of drug-likeness (QED) is 0.0964. The lowest BCUT2D eigenvalue weighted by Crippen LogP contribution is -2.65. The smallest absolute Gasteiger partial charge is 0.331 e. The lowest BCUT2D eigenvalue weighted by Gasteiger charge is -2.66. The minimum absolute atomic E-state index is 0.0346. The molecule has 8 rings (SSSR count). The molecule has 4 aliphatic heterocycles. The molecule has 4 saturated carbocycles. The van der Waals surface area contributed by atoms with Crippen molar-refractivity contribution in [1.82, 2.24) is 0 Å². The number of hydrogen-bond donors (Lipinski definition) is 8. The third-order valence-corrected chi connectivity index (χ3v) is 16.2. The maximum absolute atomic E-state index is 14.6. The van der Waals surface area contributed by atoms with Gasteiger partial charge >= 0.3 is 5.97 Å². The van der Waals surface area contributed by atoms with Gasteiger partial charge in [-0.15, -0.1) is 0 Å². The van der Waals surface area contributed by atoms with Crippen LogP contribution in [0.2, 0.25) is 0 Å². The Labute approximate surface area is 349 Å². The van der Waals surface area contributed by atoms with E-state index in [4.69, 9.17) is 37.9 Å². The zero-order valence-electron chi connectivity index (χ0n) is 34.7. The number of hydrogen-bond acceptors (Lipinski definition) is 18. The second-order valence-corrected chi connectivity index (χ2v) is 19.2. The highest BCUT2D eigenvalue weighted by atomic mass is 16.8. The average molecular weight is 857 g/mol. The van der Waals surface area contributed by atoms with Gasteiger partial charge in [0.05, 0.1) is 25.4 Å². The first-order chi connectivity index (χ1) is 28.5. The number of fused-ring (bicyclic) bond motifs is 3. The van der Waals surface area contributed by atoms with E-state index in [1.54, 1.807) is 13.0 Å². The van der Waals surface area contributed by atoms with Crippen LogP contribution in [-0.2, 0) is 47.5 Å². The zero-order chi connectivity index (χ0) is 43.1. The molecule has 3 saturated heterocycles. The summed E-state index contributed by atoms with van der Waals surface area (Å²) in [6.07, 6.45) is -12.4. The second kappa shape index (κ2) is 17.0. The summed E-state index contributed by atoms with van der Waals surface area (Å²) in [5.74, 6) is 0.644. The molecule has 2 bridgehead atoms. The molecule has 8 N–H and O–H groups in total. The Morgan fingerprint density at radius 1 is 0.733 bits per heavy atom. The Hall–Kier alpha value is -1.72. The third kappa shape index (κ3) is 7.42. The fourth-order valence-electron chi connectivity index (χ4n) is 12.8. The number of carbonyl (C=O) groups excluding carboxylic acids is 2. The highest BCUT2D eigenvalue weighted by Crippen LogP contribution is 2.70. The van der Waals surface area contributed by atoms with Crippen LogP contribution in [0.3, 0.4) is 0 Å². The Morgan fingerprint density at radius 3 is 2.08 bits per heavy atom. The van der Waals surface area contributed by atoms with Crippen molar-refractivity contribution in [3.63, 3.8) is 0 Å². The van der Waals surface area contributed by atoms with E-state index < -0.39 is 111 Å². The van der Waals surface area contributed by atoms with Crippen LogP contribution in [0.25, 0.3) is 0 Å². The zero-order valence-corrected chi connectivity index (χ0v) is 34.7. The van der Waals surface area contributed by atoms with Crippen molar-refractivity contribution in [2.24, 2.45) is 34.0 Å². The van der Waals surface area contributed by atoms with Gasteiger partial charge in [0.25, 0.3) is 0 Å². The maximum Gasteiger partial charge on any atom is 0.331 e.